The SMILES string of the molecule is CCC(C)C(=O)OCc1nc(-c2cccc(OC)c2)no1. The van der Waals surface area contributed by atoms with E-state index >= 15 is 0 Å². The van der Waals surface area contributed by atoms with Crippen molar-refractivity contribution in [2.75, 3.05) is 7.11 Å². The quantitative estimate of drug-likeness (QED) is 0.761. The molecule has 1 atom stereocenters. The minimum Gasteiger partial charge on any atom is -0.497 e. The molecular formula is C15H18N2O4. The van der Waals surface area contributed by atoms with Gasteiger partial charge in [-0.2, -0.15) is 4.98 Å². The van der Waals surface area contributed by atoms with Gasteiger partial charge in [-0.15, -0.1) is 0 Å². The number of aromatic nitrogens is 2. The van der Waals surface area contributed by atoms with Crippen molar-refractivity contribution >= 4 is 5.97 Å². The number of hydrogen-bond acceptors (Lipinski definition) is 6. The molecule has 2 rings (SSSR count). The van der Waals surface area contributed by atoms with Gasteiger partial charge in [0.15, 0.2) is 6.61 Å². The van der Waals surface area contributed by atoms with Crippen molar-refractivity contribution < 1.29 is 18.8 Å². The summed E-state index contributed by atoms with van der Waals surface area (Å²) >= 11 is 0. The van der Waals surface area contributed by atoms with Crippen LogP contribution < -0.4 is 4.74 Å². The van der Waals surface area contributed by atoms with Gasteiger partial charge >= 0.3 is 5.97 Å². The first-order valence-electron chi connectivity index (χ1n) is 6.77. The van der Waals surface area contributed by atoms with Gasteiger partial charge in [-0.05, 0) is 18.6 Å². The molecule has 0 N–H and O–H groups in total. The Balaban J connectivity index is 2.02. The maximum Gasteiger partial charge on any atom is 0.309 e. The smallest absolute Gasteiger partial charge is 0.309 e. The Labute approximate surface area is 123 Å². The molecule has 1 aromatic carbocycles. The molecule has 0 fully saturated rings. The Hall–Kier alpha value is -2.37. The second-order valence-electron chi connectivity index (χ2n) is 4.66. The molecule has 6 nitrogen and oxygen atoms in total. The summed E-state index contributed by atoms with van der Waals surface area (Å²) < 4.78 is 15.3. The number of nitrogens with zero attached hydrogens (tertiary/aromatic N) is 2. The van der Waals surface area contributed by atoms with E-state index in [1.807, 2.05) is 32.0 Å². The summed E-state index contributed by atoms with van der Waals surface area (Å²) in [5.74, 6) is 1.01. The molecule has 0 radical (unpaired) electrons. The van der Waals surface area contributed by atoms with E-state index in [1.165, 1.54) is 0 Å². The number of ether oxygens (including phenoxy) is 2. The van der Waals surface area contributed by atoms with Gasteiger partial charge in [0.25, 0.3) is 5.89 Å². The predicted octanol–water partition coefficient (Wildman–Crippen LogP) is 2.83. The molecule has 0 amide bonds. The largest absolute Gasteiger partial charge is 0.497 e. The number of hydrogen-bond donors (Lipinski definition) is 0. The van der Waals surface area contributed by atoms with Crippen LogP contribution in [-0.4, -0.2) is 23.2 Å². The van der Waals surface area contributed by atoms with Crippen molar-refractivity contribution in [3.8, 4) is 17.1 Å². The lowest BCUT2D eigenvalue weighted by Crippen LogP contribution is -2.13. The highest BCUT2D eigenvalue weighted by Gasteiger charge is 2.15. The molecule has 6 heteroatoms. The van der Waals surface area contributed by atoms with E-state index in [-0.39, 0.29) is 24.4 Å². The first-order valence-corrected chi connectivity index (χ1v) is 6.77. The number of methoxy groups -OCH3 is 1. The Kier molecular flexibility index (Phi) is 4.92. The van der Waals surface area contributed by atoms with Crippen LogP contribution in [0.5, 0.6) is 5.75 Å². The zero-order valence-electron chi connectivity index (χ0n) is 12.3. The molecule has 0 aliphatic carbocycles. The fourth-order valence-electron chi connectivity index (χ4n) is 1.63. The number of benzene rings is 1. The fraction of sp³-hybridized carbons (Fsp3) is 0.400. The normalized spacial score (nSPS) is 12.0. The van der Waals surface area contributed by atoms with Gasteiger partial charge in [0.1, 0.15) is 5.75 Å². The highest BCUT2D eigenvalue weighted by Crippen LogP contribution is 2.21. The number of rotatable bonds is 6. The van der Waals surface area contributed by atoms with E-state index in [4.69, 9.17) is 14.0 Å². The summed E-state index contributed by atoms with van der Waals surface area (Å²) in [4.78, 5) is 15.8. The van der Waals surface area contributed by atoms with Crippen molar-refractivity contribution in [3.63, 3.8) is 0 Å². The van der Waals surface area contributed by atoms with E-state index in [0.29, 0.717) is 11.6 Å². The first kappa shape index (κ1) is 15.0. The minimum atomic E-state index is -0.265. The number of carbonyl (C=O) groups is 1. The van der Waals surface area contributed by atoms with Crippen molar-refractivity contribution in [2.45, 2.75) is 26.9 Å². The molecule has 2 aromatic rings. The van der Waals surface area contributed by atoms with Gasteiger partial charge in [-0.3, -0.25) is 4.79 Å². The molecule has 112 valence electrons. The van der Waals surface area contributed by atoms with Gasteiger partial charge in [0.05, 0.1) is 13.0 Å². The van der Waals surface area contributed by atoms with Crippen LogP contribution in [-0.2, 0) is 16.1 Å². The van der Waals surface area contributed by atoms with Crippen LogP contribution in [0.4, 0.5) is 0 Å². The van der Waals surface area contributed by atoms with Crippen LogP contribution in [0.25, 0.3) is 11.4 Å². The topological polar surface area (TPSA) is 74.5 Å². The third kappa shape index (κ3) is 3.81. The second kappa shape index (κ2) is 6.88. The van der Waals surface area contributed by atoms with Gasteiger partial charge in [0.2, 0.25) is 5.82 Å². The molecule has 0 spiro atoms. The van der Waals surface area contributed by atoms with Crippen molar-refractivity contribution in [1.82, 2.24) is 10.1 Å². The number of carbonyl (C=O) groups excluding carboxylic acids is 1. The maximum atomic E-state index is 11.6. The average molecular weight is 290 g/mol. The van der Waals surface area contributed by atoms with Crippen LogP contribution in [0.15, 0.2) is 28.8 Å². The maximum absolute atomic E-state index is 11.6. The molecule has 1 unspecified atom stereocenters. The van der Waals surface area contributed by atoms with Crippen LogP contribution >= 0.6 is 0 Å². The van der Waals surface area contributed by atoms with Gasteiger partial charge in [-0.25, -0.2) is 0 Å². The monoisotopic (exact) mass is 290 g/mol. The lowest BCUT2D eigenvalue weighted by atomic mass is 10.1. The highest BCUT2D eigenvalue weighted by molar-refractivity contribution is 5.71. The van der Waals surface area contributed by atoms with Gasteiger partial charge in [0, 0.05) is 5.56 Å². The number of esters is 1. The summed E-state index contributed by atoms with van der Waals surface area (Å²) in [6.45, 7) is 3.73. The predicted molar refractivity (Wildman–Crippen MR) is 75.5 cm³/mol. The molecule has 0 aliphatic heterocycles. The average Bonchev–Trinajstić information content (AvgIpc) is 3.00. The zero-order valence-corrected chi connectivity index (χ0v) is 12.3. The van der Waals surface area contributed by atoms with Crippen LogP contribution in [0.2, 0.25) is 0 Å². The summed E-state index contributed by atoms with van der Waals surface area (Å²) in [6, 6.07) is 7.33. The Morgan fingerprint density at radius 3 is 2.95 bits per heavy atom. The second-order valence-corrected chi connectivity index (χ2v) is 4.66. The van der Waals surface area contributed by atoms with Crippen molar-refractivity contribution in [2.24, 2.45) is 5.92 Å². The van der Waals surface area contributed by atoms with Crippen LogP contribution in [0.1, 0.15) is 26.2 Å². The van der Waals surface area contributed by atoms with E-state index < -0.39 is 0 Å². The Morgan fingerprint density at radius 1 is 1.43 bits per heavy atom. The zero-order chi connectivity index (χ0) is 15.2. The molecule has 0 saturated carbocycles. The van der Waals surface area contributed by atoms with Crippen molar-refractivity contribution in [3.05, 3.63) is 30.2 Å². The molecule has 1 aromatic heterocycles. The van der Waals surface area contributed by atoms with E-state index in [9.17, 15) is 4.79 Å². The third-order valence-corrected chi connectivity index (χ3v) is 3.15. The molecule has 0 bridgehead atoms. The van der Waals surface area contributed by atoms with E-state index in [0.717, 1.165) is 12.0 Å². The highest BCUT2D eigenvalue weighted by atomic mass is 16.6. The first-order chi connectivity index (χ1) is 10.1. The molecule has 1 heterocycles. The summed E-state index contributed by atoms with van der Waals surface area (Å²) in [6.07, 6.45) is 0.734. The molecular weight excluding hydrogens is 272 g/mol. The third-order valence-electron chi connectivity index (χ3n) is 3.15. The van der Waals surface area contributed by atoms with Gasteiger partial charge in [-0.1, -0.05) is 31.1 Å². The Morgan fingerprint density at radius 2 is 2.24 bits per heavy atom. The molecule has 0 aliphatic rings. The van der Waals surface area contributed by atoms with E-state index in [1.54, 1.807) is 13.2 Å². The van der Waals surface area contributed by atoms with E-state index in [2.05, 4.69) is 10.1 Å². The minimum absolute atomic E-state index is 0.0137. The fourth-order valence-corrected chi connectivity index (χ4v) is 1.63. The molecule has 0 saturated heterocycles. The lowest BCUT2D eigenvalue weighted by molar-refractivity contribution is -0.150. The van der Waals surface area contributed by atoms with Crippen LogP contribution in [0, 0.1) is 5.92 Å². The van der Waals surface area contributed by atoms with Crippen molar-refractivity contribution in [1.29, 1.82) is 0 Å². The summed E-state index contributed by atoms with van der Waals surface area (Å²) in [5, 5.41) is 3.87. The lowest BCUT2D eigenvalue weighted by Gasteiger charge is -2.06. The summed E-state index contributed by atoms with van der Waals surface area (Å²) in [5.41, 5.74) is 0.776. The Bertz CT molecular complexity index is 609. The standard InChI is InChI=1S/C15H18N2O4/c1-4-10(2)15(18)20-9-13-16-14(17-21-13)11-6-5-7-12(8-11)19-3/h5-8,10H,4,9H2,1-3H3. The summed E-state index contributed by atoms with van der Waals surface area (Å²) in [7, 11) is 1.59. The van der Waals surface area contributed by atoms with Crippen LogP contribution in [0.3, 0.4) is 0 Å². The van der Waals surface area contributed by atoms with Gasteiger partial charge < -0.3 is 14.0 Å². The molecule has 21 heavy (non-hydrogen) atoms.